The minimum atomic E-state index is -2.41. The van der Waals surface area contributed by atoms with Gasteiger partial charge in [-0.15, -0.1) is 6.58 Å². The number of piperidine rings is 1. The zero-order chi connectivity index (χ0) is 29.4. The summed E-state index contributed by atoms with van der Waals surface area (Å²) in [6.45, 7) is 8.61. The second kappa shape index (κ2) is 11.4. The minimum absolute atomic E-state index is 0.250. The lowest BCUT2D eigenvalue weighted by molar-refractivity contribution is 0.0975. The van der Waals surface area contributed by atoms with Gasteiger partial charge >= 0.3 is 0 Å². The fraction of sp³-hybridized carbons (Fsp3) is 0.419. The fourth-order valence-electron chi connectivity index (χ4n) is 6.08. The normalized spacial score (nSPS) is 16.8. The maximum atomic E-state index is 13.3. The Morgan fingerprint density at radius 3 is 2.57 bits per heavy atom. The van der Waals surface area contributed by atoms with E-state index in [1.807, 2.05) is 0 Å². The highest BCUT2D eigenvalue weighted by Crippen LogP contribution is 2.35. The molecule has 1 aliphatic carbocycles. The van der Waals surface area contributed by atoms with E-state index in [1.165, 1.54) is 61.0 Å². The smallest absolute Gasteiger partial charge is 0.278 e. The molecular weight excluding hydrogens is 548 g/mol. The highest BCUT2D eigenvalue weighted by Gasteiger charge is 2.29. The summed E-state index contributed by atoms with van der Waals surface area (Å²) in [5, 5.41) is 3.70. The van der Waals surface area contributed by atoms with Crippen molar-refractivity contribution in [3.05, 3.63) is 76.7 Å². The molecule has 1 saturated carbocycles. The van der Waals surface area contributed by atoms with Crippen molar-refractivity contribution in [2.75, 3.05) is 30.9 Å². The Kier molecular flexibility index (Phi) is 7.71. The number of aromatic nitrogens is 5. The van der Waals surface area contributed by atoms with Crippen LogP contribution < -0.4 is 10.9 Å². The van der Waals surface area contributed by atoms with Gasteiger partial charge < -0.3 is 10.2 Å². The molecule has 0 bridgehead atoms. The molecule has 0 atom stereocenters. The average Bonchev–Trinajstić information content (AvgIpc) is 3.18. The van der Waals surface area contributed by atoms with Gasteiger partial charge in [0.2, 0.25) is 5.95 Å². The molecule has 10 nitrogen and oxygen atoms in total. The number of hydrogen-bond acceptors (Lipinski definition) is 8. The predicted molar refractivity (Wildman–Crippen MR) is 169 cm³/mol. The van der Waals surface area contributed by atoms with Crippen LogP contribution in [0.3, 0.4) is 0 Å². The van der Waals surface area contributed by atoms with E-state index in [0.29, 0.717) is 34.5 Å². The SMILES string of the molecule is C=CCn1c(=O)c2cnc(Nc3ccc(C4CCN(C5CCC5)CC4)c(C)c3)nc2n1-c1cccc(N=S(C)(C)=O)n1. The molecule has 11 heteroatoms. The number of benzene rings is 1. The van der Waals surface area contributed by atoms with Crippen molar-refractivity contribution in [2.24, 2.45) is 4.36 Å². The Morgan fingerprint density at radius 2 is 1.90 bits per heavy atom. The van der Waals surface area contributed by atoms with Gasteiger partial charge in [-0.2, -0.15) is 9.35 Å². The highest BCUT2D eigenvalue weighted by atomic mass is 32.2. The first-order chi connectivity index (χ1) is 20.2. The molecule has 4 heterocycles. The van der Waals surface area contributed by atoms with E-state index in [2.05, 4.69) is 56.2 Å². The standard InChI is InChI=1S/C31H38N8O2S/c1-5-16-38-30(40)26-20-32-31(35-29(26)39(38)28-11-7-10-27(34-28)36-42(3,4)41)33-23-12-13-25(21(2)19-23)22-14-17-37(18-15-22)24-8-6-9-24/h5,7,10-13,19-20,22,24H,1,6,8-9,14-18H2,2-4H3,(H,32,33,35). The Bertz CT molecular complexity index is 1810. The van der Waals surface area contributed by atoms with Gasteiger partial charge in [-0.1, -0.05) is 24.6 Å². The molecule has 1 saturated heterocycles. The van der Waals surface area contributed by atoms with E-state index in [-0.39, 0.29) is 12.1 Å². The first-order valence-electron chi connectivity index (χ1n) is 14.6. The van der Waals surface area contributed by atoms with Crippen molar-refractivity contribution in [2.45, 2.75) is 57.5 Å². The van der Waals surface area contributed by atoms with Gasteiger partial charge in [0.1, 0.15) is 5.39 Å². The largest absolute Gasteiger partial charge is 0.324 e. The quantitative estimate of drug-likeness (QED) is 0.279. The first-order valence-corrected chi connectivity index (χ1v) is 16.9. The van der Waals surface area contributed by atoms with Gasteiger partial charge in [-0.3, -0.25) is 4.79 Å². The number of nitrogens with zero attached hydrogens (tertiary/aromatic N) is 7. The molecule has 0 amide bonds. The summed E-state index contributed by atoms with van der Waals surface area (Å²) in [6, 6.07) is 12.5. The summed E-state index contributed by atoms with van der Waals surface area (Å²) in [5.41, 5.74) is 3.72. The monoisotopic (exact) mass is 586 g/mol. The molecule has 42 heavy (non-hydrogen) atoms. The van der Waals surface area contributed by atoms with E-state index >= 15 is 0 Å². The van der Waals surface area contributed by atoms with Gasteiger partial charge in [-0.05, 0) is 87.0 Å². The van der Waals surface area contributed by atoms with Crippen molar-refractivity contribution in [3.8, 4) is 5.82 Å². The average molecular weight is 587 g/mol. The molecule has 0 radical (unpaired) electrons. The number of hydrogen-bond donors (Lipinski definition) is 1. The second-order valence-electron chi connectivity index (χ2n) is 11.6. The molecule has 2 fully saturated rings. The van der Waals surface area contributed by atoms with E-state index < -0.39 is 9.73 Å². The number of rotatable bonds is 8. The zero-order valence-corrected chi connectivity index (χ0v) is 25.3. The molecule has 1 N–H and O–H groups in total. The van der Waals surface area contributed by atoms with Crippen molar-refractivity contribution in [3.63, 3.8) is 0 Å². The Labute approximate surface area is 246 Å². The molecular formula is C31H38N8O2S. The van der Waals surface area contributed by atoms with Crippen LogP contribution in [0.1, 0.15) is 49.1 Å². The number of anilines is 2. The molecule has 0 spiro atoms. The van der Waals surface area contributed by atoms with Crippen LogP contribution in [0.25, 0.3) is 16.9 Å². The lowest BCUT2D eigenvalue weighted by Gasteiger charge is -2.42. The fourth-order valence-corrected chi connectivity index (χ4v) is 6.64. The topological polar surface area (TPSA) is 110 Å². The van der Waals surface area contributed by atoms with Crippen LogP contribution in [0.2, 0.25) is 0 Å². The number of likely N-dealkylation sites (tertiary alicyclic amines) is 1. The summed E-state index contributed by atoms with van der Waals surface area (Å²) in [6.07, 6.45) is 12.8. The van der Waals surface area contributed by atoms with E-state index in [1.54, 1.807) is 47.7 Å². The van der Waals surface area contributed by atoms with Gasteiger partial charge in [0.05, 0.1) is 6.54 Å². The van der Waals surface area contributed by atoms with Crippen LogP contribution in [-0.2, 0) is 16.3 Å². The van der Waals surface area contributed by atoms with Crippen LogP contribution in [0.5, 0.6) is 0 Å². The van der Waals surface area contributed by atoms with E-state index in [9.17, 15) is 9.00 Å². The van der Waals surface area contributed by atoms with E-state index in [0.717, 1.165) is 11.7 Å². The maximum absolute atomic E-state index is 13.3. The van der Waals surface area contributed by atoms with E-state index in [4.69, 9.17) is 4.98 Å². The third-order valence-electron chi connectivity index (χ3n) is 8.31. The second-order valence-corrected chi connectivity index (χ2v) is 14.2. The summed E-state index contributed by atoms with van der Waals surface area (Å²) < 4.78 is 19.7. The lowest BCUT2D eigenvalue weighted by atomic mass is 9.84. The Balaban J connectivity index is 1.29. The van der Waals surface area contributed by atoms with Crippen LogP contribution in [-0.4, -0.2) is 65.1 Å². The van der Waals surface area contributed by atoms with Crippen molar-refractivity contribution < 1.29 is 4.21 Å². The summed E-state index contributed by atoms with van der Waals surface area (Å²) >= 11 is 0. The Hall–Kier alpha value is -3.83. The van der Waals surface area contributed by atoms with Crippen molar-refractivity contribution in [1.82, 2.24) is 29.2 Å². The van der Waals surface area contributed by atoms with Gasteiger partial charge in [0, 0.05) is 40.2 Å². The molecule has 0 unspecified atom stereocenters. The maximum Gasteiger partial charge on any atom is 0.278 e. The molecule has 2 aliphatic rings. The minimum Gasteiger partial charge on any atom is -0.324 e. The summed E-state index contributed by atoms with van der Waals surface area (Å²) in [4.78, 5) is 29.8. The van der Waals surface area contributed by atoms with Crippen LogP contribution in [0.4, 0.5) is 17.5 Å². The van der Waals surface area contributed by atoms with Crippen LogP contribution in [0.15, 0.2) is 64.4 Å². The molecule has 1 aliphatic heterocycles. The third kappa shape index (κ3) is 5.76. The third-order valence-corrected chi connectivity index (χ3v) is 8.94. The summed E-state index contributed by atoms with van der Waals surface area (Å²) in [5.74, 6) is 1.71. The summed E-state index contributed by atoms with van der Waals surface area (Å²) in [7, 11) is -2.41. The molecule has 1 aromatic carbocycles. The number of nitrogens with one attached hydrogen (secondary N) is 1. The molecule has 3 aromatic heterocycles. The van der Waals surface area contributed by atoms with Gasteiger partial charge in [-0.25, -0.2) is 23.5 Å². The Morgan fingerprint density at radius 1 is 1.12 bits per heavy atom. The number of fused-ring (bicyclic) bond motifs is 1. The first kappa shape index (κ1) is 28.3. The van der Waals surface area contributed by atoms with Crippen LogP contribution in [0, 0.1) is 6.92 Å². The van der Waals surface area contributed by atoms with Gasteiger partial charge in [0.15, 0.2) is 17.3 Å². The molecule has 4 aromatic rings. The van der Waals surface area contributed by atoms with Gasteiger partial charge in [0.25, 0.3) is 5.56 Å². The highest BCUT2D eigenvalue weighted by molar-refractivity contribution is 7.92. The van der Waals surface area contributed by atoms with Crippen LogP contribution >= 0.6 is 0 Å². The van der Waals surface area contributed by atoms with Crippen molar-refractivity contribution in [1.29, 1.82) is 0 Å². The predicted octanol–water partition coefficient (Wildman–Crippen LogP) is 5.31. The van der Waals surface area contributed by atoms with Crippen molar-refractivity contribution >= 4 is 38.2 Å². The number of pyridine rings is 1. The molecule has 220 valence electrons. The number of allylic oxidation sites excluding steroid dienone is 1. The lowest BCUT2D eigenvalue weighted by Crippen LogP contribution is -2.44. The molecule has 6 rings (SSSR count). The zero-order valence-electron chi connectivity index (χ0n) is 24.5. The number of aryl methyl sites for hydroxylation is 1.